The molecule has 4 N–H and O–H groups in total. The summed E-state index contributed by atoms with van der Waals surface area (Å²) in [6, 6.07) is 25.7. The zero-order chi connectivity index (χ0) is 37.5. The number of halogens is 2. The van der Waals surface area contributed by atoms with Gasteiger partial charge in [0, 0.05) is 23.2 Å². The van der Waals surface area contributed by atoms with Crippen LogP contribution in [0.3, 0.4) is 0 Å². The molecule has 10 nitrogen and oxygen atoms in total. The molecule has 4 atom stereocenters. The van der Waals surface area contributed by atoms with Crippen LogP contribution in [0.25, 0.3) is 0 Å². The van der Waals surface area contributed by atoms with Crippen molar-refractivity contribution in [2.45, 2.75) is 62.8 Å². The number of anilines is 2. The van der Waals surface area contributed by atoms with Crippen LogP contribution >= 0.6 is 0 Å². The molecule has 6 rings (SSSR count). The molecule has 0 saturated carbocycles. The fraction of sp³-hybridized carbons (Fsp3) is 0.350. The van der Waals surface area contributed by atoms with Crippen molar-refractivity contribution < 1.29 is 37.3 Å². The van der Waals surface area contributed by atoms with E-state index in [0.29, 0.717) is 24.6 Å². The first-order chi connectivity index (χ1) is 24.8. The summed E-state index contributed by atoms with van der Waals surface area (Å²) >= 11 is 0. The van der Waals surface area contributed by atoms with Crippen LogP contribution in [-0.4, -0.2) is 62.8 Å². The van der Waals surface area contributed by atoms with E-state index in [-0.39, 0.29) is 47.6 Å². The Kier molecular flexibility index (Phi) is 12.0. The van der Waals surface area contributed by atoms with Crippen LogP contribution in [0.1, 0.15) is 50.7 Å². The molecular weight excluding hydrogens is 670 g/mol. The molecular formula is C40H46F2N4O6. The minimum Gasteiger partial charge on any atom is -0.497 e. The van der Waals surface area contributed by atoms with Gasteiger partial charge in [-0.05, 0) is 112 Å². The van der Waals surface area contributed by atoms with E-state index in [1.807, 2.05) is 76.2 Å². The topological polar surface area (TPSA) is 119 Å². The molecule has 276 valence electrons. The van der Waals surface area contributed by atoms with E-state index in [1.54, 1.807) is 14.2 Å². The summed E-state index contributed by atoms with van der Waals surface area (Å²) in [5, 5.41) is 11.5. The second-order valence-corrected chi connectivity index (χ2v) is 13.8. The van der Waals surface area contributed by atoms with Gasteiger partial charge in [0.15, 0.2) is 0 Å². The molecule has 0 aromatic heterocycles. The van der Waals surface area contributed by atoms with E-state index in [4.69, 9.17) is 18.9 Å². The van der Waals surface area contributed by atoms with Crippen LogP contribution in [0, 0.1) is 11.6 Å². The fourth-order valence-corrected chi connectivity index (χ4v) is 6.46. The number of benzene rings is 4. The number of carbonyl (C=O) groups excluding carboxylic acids is 2. The summed E-state index contributed by atoms with van der Waals surface area (Å²) < 4.78 is 48.2. The second kappa shape index (κ2) is 16.4. The molecule has 2 heterocycles. The number of urea groups is 2. The molecule has 0 bridgehead atoms. The summed E-state index contributed by atoms with van der Waals surface area (Å²) in [5.41, 5.74) is 2.19. The van der Waals surface area contributed by atoms with Crippen molar-refractivity contribution in [2.75, 3.05) is 38.1 Å². The smallest absolute Gasteiger partial charge is 0.319 e. The van der Waals surface area contributed by atoms with Gasteiger partial charge in [0.1, 0.15) is 23.1 Å². The zero-order valence-electron chi connectivity index (χ0n) is 30.2. The highest BCUT2D eigenvalue weighted by atomic mass is 19.1. The van der Waals surface area contributed by atoms with E-state index >= 15 is 0 Å². The Balaban J connectivity index is 0.000000201. The van der Waals surface area contributed by atoms with Crippen molar-refractivity contribution in [2.24, 2.45) is 0 Å². The molecule has 52 heavy (non-hydrogen) atoms. The highest BCUT2D eigenvalue weighted by Gasteiger charge is 2.46. The monoisotopic (exact) mass is 716 g/mol. The minimum absolute atomic E-state index is 0.0230. The van der Waals surface area contributed by atoms with E-state index in [0.717, 1.165) is 22.6 Å². The third kappa shape index (κ3) is 9.56. The molecule has 4 amide bonds. The van der Waals surface area contributed by atoms with Crippen LogP contribution in [0.15, 0.2) is 97.1 Å². The third-order valence-corrected chi connectivity index (χ3v) is 9.44. The Morgan fingerprint density at radius 3 is 1.21 bits per heavy atom. The van der Waals surface area contributed by atoms with Crippen molar-refractivity contribution in [1.82, 2.24) is 10.6 Å². The quantitative estimate of drug-likeness (QED) is 0.148. The molecule has 4 aromatic rings. The van der Waals surface area contributed by atoms with Crippen molar-refractivity contribution in [3.05, 3.63) is 120 Å². The van der Waals surface area contributed by atoms with Crippen LogP contribution in [-0.2, 0) is 9.47 Å². The second-order valence-electron chi connectivity index (χ2n) is 13.8. The number of rotatable bonds is 8. The summed E-state index contributed by atoms with van der Waals surface area (Å²) in [5.74, 6) is 0.919. The van der Waals surface area contributed by atoms with Gasteiger partial charge in [-0.3, -0.25) is 0 Å². The van der Waals surface area contributed by atoms with Crippen LogP contribution in [0.2, 0.25) is 0 Å². The Bertz CT molecular complexity index is 1650. The average molecular weight is 717 g/mol. The maximum atomic E-state index is 13.0. The first kappa shape index (κ1) is 38.0. The SMILES string of the molecule is COc1ccc([C@H]2COC(C)(C)[C@H]2NC(=O)Nc2ccc(F)cc2)cc1.COc1ccc([C@H]2COC(C)(C)[C@H]2NC(=O)Nc2ccc(F)cc2)cc1. The van der Waals surface area contributed by atoms with Crippen LogP contribution in [0.4, 0.5) is 29.7 Å². The van der Waals surface area contributed by atoms with E-state index in [2.05, 4.69) is 21.3 Å². The summed E-state index contributed by atoms with van der Waals surface area (Å²) in [6.45, 7) is 8.86. The molecule has 2 fully saturated rings. The summed E-state index contributed by atoms with van der Waals surface area (Å²) in [4.78, 5) is 24.9. The lowest BCUT2D eigenvalue weighted by Crippen LogP contribution is -2.50. The number of hydrogen-bond donors (Lipinski definition) is 4. The number of carbonyl (C=O) groups is 2. The van der Waals surface area contributed by atoms with Gasteiger partial charge in [-0.1, -0.05) is 24.3 Å². The molecule has 0 unspecified atom stereocenters. The highest BCUT2D eigenvalue weighted by Crippen LogP contribution is 2.38. The number of nitrogens with one attached hydrogen (secondary N) is 4. The molecule has 12 heteroatoms. The minimum atomic E-state index is -0.509. The number of methoxy groups -OCH3 is 2. The molecule has 0 spiro atoms. The highest BCUT2D eigenvalue weighted by molar-refractivity contribution is 5.90. The predicted octanol–water partition coefficient (Wildman–Crippen LogP) is 7.83. The standard InChI is InChI=1S/2C20H23FN2O3/c2*1-20(2)18(23-19(24)22-15-8-6-14(21)7-9-15)17(12-26-20)13-4-10-16(25-3)11-5-13/h2*4-11,17-18H,12H2,1-3H3,(H2,22,23,24)/t2*17-,18+/m11/s1. The van der Waals surface area contributed by atoms with Gasteiger partial charge in [0.25, 0.3) is 0 Å². The van der Waals surface area contributed by atoms with E-state index in [1.165, 1.54) is 48.5 Å². The summed E-state index contributed by atoms with van der Waals surface area (Å²) in [7, 11) is 3.25. The lowest BCUT2D eigenvalue weighted by atomic mass is 9.86. The number of amides is 4. The zero-order valence-corrected chi connectivity index (χ0v) is 30.2. The Hall–Kier alpha value is -5.20. The summed E-state index contributed by atoms with van der Waals surface area (Å²) in [6.07, 6.45) is 0. The van der Waals surface area contributed by atoms with Gasteiger partial charge in [-0.25, -0.2) is 18.4 Å². The Labute approximate surface area is 303 Å². The molecule has 2 saturated heterocycles. The van der Waals surface area contributed by atoms with Crippen molar-refractivity contribution >= 4 is 23.4 Å². The molecule has 2 aliphatic heterocycles. The van der Waals surface area contributed by atoms with Crippen LogP contribution < -0.4 is 30.7 Å². The normalized spacial score (nSPS) is 21.2. The van der Waals surface area contributed by atoms with Crippen molar-refractivity contribution in [3.8, 4) is 11.5 Å². The fourth-order valence-electron chi connectivity index (χ4n) is 6.46. The first-order valence-electron chi connectivity index (χ1n) is 17.0. The third-order valence-electron chi connectivity index (χ3n) is 9.44. The lowest BCUT2D eigenvalue weighted by molar-refractivity contribution is 0.0235. The molecule has 2 aliphatic rings. The molecule has 0 aliphatic carbocycles. The maximum Gasteiger partial charge on any atom is 0.319 e. The van der Waals surface area contributed by atoms with Crippen LogP contribution in [0.5, 0.6) is 11.5 Å². The largest absolute Gasteiger partial charge is 0.497 e. The Morgan fingerprint density at radius 1 is 0.577 bits per heavy atom. The van der Waals surface area contributed by atoms with Gasteiger partial charge in [0.05, 0.1) is 50.7 Å². The number of ether oxygens (including phenoxy) is 4. The van der Waals surface area contributed by atoms with Gasteiger partial charge in [-0.2, -0.15) is 0 Å². The van der Waals surface area contributed by atoms with E-state index < -0.39 is 11.2 Å². The predicted molar refractivity (Wildman–Crippen MR) is 196 cm³/mol. The molecule has 0 radical (unpaired) electrons. The number of hydrogen-bond acceptors (Lipinski definition) is 6. The first-order valence-corrected chi connectivity index (χ1v) is 17.0. The van der Waals surface area contributed by atoms with Crippen molar-refractivity contribution in [3.63, 3.8) is 0 Å². The lowest BCUT2D eigenvalue weighted by Gasteiger charge is -2.30. The van der Waals surface area contributed by atoms with Gasteiger partial charge < -0.3 is 40.2 Å². The maximum absolute atomic E-state index is 13.0. The Morgan fingerprint density at radius 2 is 0.904 bits per heavy atom. The van der Waals surface area contributed by atoms with Crippen molar-refractivity contribution in [1.29, 1.82) is 0 Å². The van der Waals surface area contributed by atoms with Gasteiger partial charge in [-0.15, -0.1) is 0 Å². The van der Waals surface area contributed by atoms with E-state index in [9.17, 15) is 18.4 Å². The van der Waals surface area contributed by atoms with Gasteiger partial charge >= 0.3 is 12.1 Å². The molecule has 4 aromatic carbocycles. The van der Waals surface area contributed by atoms with Gasteiger partial charge in [0.2, 0.25) is 0 Å². The average Bonchev–Trinajstić information content (AvgIpc) is 3.59.